The molecule has 0 radical (unpaired) electrons. The van der Waals surface area contributed by atoms with E-state index in [2.05, 4.69) is 20.9 Å². The van der Waals surface area contributed by atoms with Crippen LogP contribution in [0.2, 0.25) is 0 Å². The van der Waals surface area contributed by atoms with Gasteiger partial charge in [-0.3, -0.25) is 9.78 Å². The summed E-state index contributed by atoms with van der Waals surface area (Å²) in [6.07, 6.45) is 2.59. The number of amides is 3. The predicted octanol–water partition coefficient (Wildman–Crippen LogP) is 3.57. The van der Waals surface area contributed by atoms with Crippen LogP contribution in [0, 0.1) is 5.82 Å². The number of aliphatic hydroxyl groups excluding tert-OH is 1. The molecule has 4 atom stereocenters. The van der Waals surface area contributed by atoms with Gasteiger partial charge in [0.05, 0.1) is 24.8 Å². The summed E-state index contributed by atoms with van der Waals surface area (Å²) in [5, 5.41) is 18.1. The first-order chi connectivity index (χ1) is 18.0. The molecule has 10 heteroatoms. The van der Waals surface area contributed by atoms with Gasteiger partial charge in [-0.15, -0.1) is 0 Å². The number of halogens is 1. The standard InChI is InChI=1S/C27H27FN4O5/c28-21-3-1-2-4-22(21)32-27(35)31-17-5-6-23-19(11-17)20-12-18(36-24(15-33)26(20)37-23)13-25(34)30-14-16-7-9-29-10-8-16/h1-11,18,20,24,26,33H,12-15H2,(H,30,34)(H2,31,32,35)/t18-,20-,24+,26+/m0/s1. The fourth-order valence-corrected chi connectivity index (χ4v) is 4.79. The van der Waals surface area contributed by atoms with Crippen LogP contribution < -0.4 is 20.7 Å². The smallest absolute Gasteiger partial charge is 0.323 e. The summed E-state index contributed by atoms with van der Waals surface area (Å²) >= 11 is 0. The molecule has 1 aromatic heterocycles. The number of hydrogen-bond donors (Lipinski definition) is 4. The Labute approximate surface area is 213 Å². The minimum Gasteiger partial charge on any atom is -0.487 e. The monoisotopic (exact) mass is 506 g/mol. The van der Waals surface area contributed by atoms with Gasteiger partial charge in [0, 0.05) is 36.1 Å². The first kappa shape index (κ1) is 24.7. The highest BCUT2D eigenvalue weighted by molar-refractivity contribution is 5.99. The maximum Gasteiger partial charge on any atom is 0.323 e. The average molecular weight is 507 g/mol. The third-order valence-electron chi connectivity index (χ3n) is 6.53. The van der Waals surface area contributed by atoms with Crippen LogP contribution in [0.5, 0.6) is 5.75 Å². The summed E-state index contributed by atoms with van der Waals surface area (Å²) in [7, 11) is 0. The highest BCUT2D eigenvalue weighted by Gasteiger charge is 2.46. The fourth-order valence-electron chi connectivity index (χ4n) is 4.79. The lowest BCUT2D eigenvalue weighted by Crippen LogP contribution is -2.47. The Balaban J connectivity index is 1.24. The zero-order valence-electron chi connectivity index (χ0n) is 19.9. The Hall–Kier alpha value is -4.02. The molecule has 192 valence electrons. The molecule has 2 aliphatic heterocycles. The van der Waals surface area contributed by atoms with Crippen molar-refractivity contribution in [1.29, 1.82) is 0 Å². The molecule has 9 nitrogen and oxygen atoms in total. The van der Waals surface area contributed by atoms with Gasteiger partial charge in [0.1, 0.15) is 23.8 Å². The summed E-state index contributed by atoms with van der Waals surface area (Å²) in [4.78, 5) is 29.0. The molecule has 3 heterocycles. The Morgan fingerprint density at radius 3 is 2.68 bits per heavy atom. The van der Waals surface area contributed by atoms with E-state index in [1.165, 1.54) is 12.1 Å². The zero-order valence-corrected chi connectivity index (χ0v) is 19.9. The molecular formula is C27H27FN4O5. The maximum atomic E-state index is 13.9. The molecule has 1 fully saturated rings. The Morgan fingerprint density at radius 2 is 1.89 bits per heavy atom. The lowest BCUT2D eigenvalue weighted by atomic mass is 9.84. The summed E-state index contributed by atoms with van der Waals surface area (Å²) in [6.45, 7) is 0.139. The van der Waals surface area contributed by atoms with E-state index in [1.807, 2.05) is 12.1 Å². The van der Waals surface area contributed by atoms with E-state index in [4.69, 9.17) is 9.47 Å². The number of pyridine rings is 1. The number of nitrogens with zero attached hydrogens (tertiary/aromatic N) is 1. The van der Waals surface area contributed by atoms with Gasteiger partial charge in [0.25, 0.3) is 0 Å². The quantitative estimate of drug-likeness (QED) is 0.389. The van der Waals surface area contributed by atoms with Crippen LogP contribution in [0.15, 0.2) is 67.0 Å². The number of carbonyl (C=O) groups is 2. The number of benzene rings is 2. The number of ether oxygens (including phenoxy) is 2. The van der Waals surface area contributed by atoms with Gasteiger partial charge >= 0.3 is 6.03 Å². The van der Waals surface area contributed by atoms with Crippen molar-refractivity contribution < 1.29 is 28.6 Å². The molecule has 5 rings (SSSR count). The summed E-state index contributed by atoms with van der Waals surface area (Å²) in [6, 6.07) is 14.2. The number of aromatic nitrogens is 1. The number of hydrogen-bond acceptors (Lipinski definition) is 6. The van der Waals surface area contributed by atoms with Gasteiger partial charge in [-0.05, 0) is 54.4 Å². The van der Waals surface area contributed by atoms with E-state index in [1.54, 1.807) is 42.7 Å². The average Bonchev–Trinajstić information content (AvgIpc) is 3.27. The van der Waals surface area contributed by atoms with E-state index in [9.17, 15) is 19.1 Å². The van der Waals surface area contributed by atoms with Gasteiger partial charge in [0.2, 0.25) is 5.91 Å². The molecule has 3 aromatic rings. The van der Waals surface area contributed by atoms with Crippen molar-refractivity contribution in [2.45, 2.75) is 43.6 Å². The highest BCUT2D eigenvalue weighted by atomic mass is 19.1. The minimum absolute atomic E-state index is 0.0739. The van der Waals surface area contributed by atoms with Gasteiger partial charge in [-0.25, -0.2) is 9.18 Å². The highest BCUT2D eigenvalue weighted by Crippen LogP contribution is 2.47. The van der Waals surface area contributed by atoms with E-state index >= 15 is 0 Å². The van der Waals surface area contributed by atoms with E-state index in [-0.39, 0.29) is 30.5 Å². The molecule has 0 saturated carbocycles. The largest absolute Gasteiger partial charge is 0.487 e. The summed E-state index contributed by atoms with van der Waals surface area (Å²) < 4.78 is 26.0. The van der Waals surface area contributed by atoms with Crippen molar-refractivity contribution in [3.8, 4) is 5.75 Å². The van der Waals surface area contributed by atoms with Crippen LogP contribution >= 0.6 is 0 Å². The van der Waals surface area contributed by atoms with Crippen molar-refractivity contribution in [2.24, 2.45) is 0 Å². The van der Waals surface area contributed by atoms with Crippen LogP contribution in [0.4, 0.5) is 20.6 Å². The normalized spacial score (nSPS) is 21.8. The first-order valence-electron chi connectivity index (χ1n) is 12.0. The molecule has 37 heavy (non-hydrogen) atoms. The Bertz CT molecular complexity index is 1270. The number of anilines is 2. The molecule has 0 aliphatic carbocycles. The van der Waals surface area contributed by atoms with Gasteiger partial charge in [-0.1, -0.05) is 12.1 Å². The minimum atomic E-state index is -0.593. The van der Waals surface area contributed by atoms with Gasteiger partial charge < -0.3 is 30.5 Å². The van der Waals surface area contributed by atoms with Crippen molar-refractivity contribution in [3.63, 3.8) is 0 Å². The van der Waals surface area contributed by atoms with Crippen LogP contribution in [0.25, 0.3) is 0 Å². The van der Waals surface area contributed by atoms with Crippen LogP contribution in [0.1, 0.15) is 29.9 Å². The lowest BCUT2D eigenvalue weighted by Gasteiger charge is -2.37. The number of urea groups is 1. The molecule has 0 unspecified atom stereocenters. The van der Waals surface area contributed by atoms with E-state index < -0.39 is 30.2 Å². The van der Waals surface area contributed by atoms with Crippen molar-refractivity contribution >= 4 is 23.3 Å². The van der Waals surface area contributed by atoms with Crippen LogP contribution in [-0.2, 0) is 16.1 Å². The second-order valence-electron chi connectivity index (χ2n) is 9.05. The molecule has 3 amide bonds. The molecular weight excluding hydrogens is 479 g/mol. The molecule has 4 N–H and O–H groups in total. The number of fused-ring (bicyclic) bond motifs is 3. The SMILES string of the molecule is O=C(C[C@@H]1C[C@H]2c3cc(NC(=O)Nc4ccccc4F)ccc3O[C@H]2[C@@H](CO)O1)NCc1ccncc1. The Morgan fingerprint density at radius 1 is 1.08 bits per heavy atom. The van der Waals surface area contributed by atoms with Crippen molar-refractivity contribution in [1.82, 2.24) is 10.3 Å². The third-order valence-corrected chi connectivity index (χ3v) is 6.53. The van der Waals surface area contributed by atoms with E-state index in [0.29, 0.717) is 24.4 Å². The van der Waals surface area contributed by atoms with Gasteiger partial charge in [0.15, 0.2) is 0 Å². The number of carbonyl (C=O) groups excluding carboxylic acids is 2. The summed E-state index contributed by atoms with van der Waals surface area (Å²) in [5.41, 5.74) is 2.39. The number of rotatable bonds is 7. The third kappa shape index (κ3) is 5.71. The second-order valence-corrected chi connectivity index (χ2v) is 9.05. The lowest BCUT2D eigenvalue weighted by molar-refractivity contribution is -0.142. The van der Waals surface area contributed by atoms with Crippen molar-refractivity contribution in [3.05, 3.63) is 83.9 Å². The van der Waals surface area contributed by atoms with Gasteiger partial charge in [-0.2, -0.15) is 0 Å². The Kier molecular flexibility index (Phi) is 7.29. The predicted molar refractivity (Wildman–Crippen MR) is 134 cm³/mol. The molecule has 1 saturated heterocycles. The fraction of sp³-hybridized carbons (Fsp3) is 0.296. The maximum absolute atomic E-state index is 13.9. The molecule has 2 aliphatic rings. The first-order valence-corrected chi connectivity index (χ1v) is 12.0. The molecule has 0 spiro atoms. The van der Waals surface area contributed by atoms with Crippen LogP contribution in [-0.4, -0.2) is 46.9 Å². The molecule has 2 aromatic carbocycles. The number of nitrogens with one attached hydrogen (secondary N) is 3. The van der Waals surface area contributed by atoms with Crippen LogP contribution in [0.3, 0.4) is 0 Å². The van der Waals surface area contributed by atoms with E-state index in [0.717, 1.165) is 11.1 Å². The topological polar surface area (TPSA) is 122 Å². The van der Waals surface area contributed by atoms with Crippen molar-refractivity contribution in [2.75, 3.05) is 17.2 Å². The zero-order chi connectivity index (χ0) is 25.8. The second kappa shape index (κ2) is 10.9. The number of aliphatic hydroxyl groups is 1. The summed E-state index contributed by atoms with van der Waals surface area (Å²) in [5.74, 6) is -0.178. The molecule has 0 bridgehead atoms. The number of para-hydroxylation sites is 1.